The molecule has 3 heterocycles. The molecule has 1 unspecified atom stereocenters. The molecule has 3 N–H and O–H groups in total. The van der Waals surface area contributed by atoms with E-state index in [1.165, 1.54) is 17.7 Å². The molecule has 0 saturated carbocycles. The molecule has 2 aromatic rings. The number of thiophene rings is 1. The summed E-state index contributed by atoms with van der Waals surface area (Å²) in [5.41, 5.74) is 5.63. The summed E-state index contributed by atoms with van der Waals surface area (Å²) in [7, 11) is 0. The fourth-order valence-corrected chi connectivity index (χ4v) is 3.72. The van der Waals surface area contributed by atoms with Crippen molar-refractivity contribution in [1.29, 1.82) is 0 Å². The van der Waals surface area contributed by atoms with Crippen molar-refractivity contribution in [2.45, 2.75) is 18.9 Å². The SMILES string of the molecule is Nc1nc(Cl)cc(NCC(c2cccs2)N2CCCC2)n1. The number of aromatic nitrogens is 2. The topological polar surface area (TPSA) is 67.1 Å². The number of nitrogen functional groups attached to an aromatic ring is 1. The van der Waals surface area contributed by atoms with Crippen LogP contribution in [0.5, 0.6) is 0 Å². The van der Waals surface area contributed by atoms with Gasteiger partial charge in [-0.25, -0.2) is 4.98 Å². The zero-order chi connectivity index (χ0) is 14.7. The van der Waals surface area contributed by atoms with Crippen LogP contribution >= 0.6 is 22.9 Å². The van der Waals surface area contributed by atoms with Crippen LogP contribution in [0, 0.1) is 0 Å². The zero-order valence-electron chi connectivity index (χ0n) is 11.6. The Labute approximate surface area is 133 Å². The Morgan fingerprint density at radius 1 is 1.38 bits per heavy atom. The van der Waals surface area contributed by atoms with Gasteiger partial charge in [-0.05, 0) is 37.4 Å². The predicted molar refractivity (Wildman–Crippen MR) is 87.8 cm³/mol. The molecule has 0 aromatic carbocycles. The molecule has 1 atom stereocenters. The lowest BCUT2D eigenvalue weighted by atomic mass is 10.2. The monoisotopic (exact) mass is 323 g/mol. The Morgan fingerprint density at radius 2 is 2.19 bits per heavy atom. The summed E-state index contributed by atoms with van der Waals surface area (Å²) in [6, 6.07) is 6.36. The van der Waals surface area contributed by atoms with Gasteiger partial charge in [0, 0.05) is 17.5 Å². The minimum absolute atomic E-state index is 0.193. The van der Waals surface area contributed by atoms with E-state index in [0.29, 0.717) is 17.0 Å². The van der Waals surface area contributed by atoms with Crippen LogP contribution in [-0.2, 0) is 0 Å². The molecule has 0 radical (unpaired) electrons. The molecular formula is C14H18ClN5S. The number of likely N-dealkylation sites (tertiary alicyclic amines) is 1. The van der Waals surface area contributed by atoms with E-state index in [9.17, 15) is 0 Å². The average molecular weight is 324 g/mol. The molecular weight excluding hydrogens is 306 g/mol. The molecule has 112 valence electrons. The number of hydrogen-bond donors (Lipinski definition) is 2. The third-order valence-electron chi connectivity index (χ3n) is 3.64. The minimum Gasteiger partial charge on any atom is -0.368 e. The molecule has 0 bridgehead atoms. The highest BCUT2D eigenvalue weighted by Crippen LogP contribution is 2.28. The largest absolute Gasteiger partial charge is 0.368 e. The smallest absolute Gasteiger partial charge is 0.223 e. The first kappa shape index (κ1) is 14.6. The van der Waals surface area contributed by atoms with Crippen molar-refractivity contribution >= 4 is 34.7 Å². The van der Waals surface area contributed by atoms with E-state index in [-0.39, 0.29) is 5.95 Å². The van der Waals surface area contributed by atoms with Gasteiger partial charge in [-0.1, -0.05) is 17.7 Å². The molecule has 1 fully saturated rings. The van der Waals surface area contributed by atoms with Crippen LogP contribution in [0.2, 0.25) is 5.15 Å². The second-order valence-corrected chi connectivity index (χ2v) is 6.46. The molecule has 0 aliphatic carbocycles. The van der Waals surface area contributed by atoms with Crippen molar-refractivity contribution in [3.05, 3.63) is 33.6 Å². The number of nitrogens with zero attached hydrogens (tertiary/aromatic N) is 3. The Hall–Kier alpha value is -1.37. The van der Waals surface area contributed by atoms with E-state index in [2.05, 4.69) is 37.7 Å². The van der Waals surface area contributed by atoms with Crippen LogP contribution in [0.3, 0.4) is 0 Å². The lowest BCUT2D eigenvalue weighted by Crippen LogP contribution is -2.30. The predicted octanol–water partition coefficient (Wildman–Crippen LogP) is 3.02. The van der Waals surface area contributed by atoms with E-state index < -0.39 is 0 Å². The van der Waals surface area contributed by atoms with Gasteiger partial charge in [0.25, 0.3) is 0 Å². The summed E-state index contributed by atoms with van der Waals surface area (Å²) < 4.78 is 0. The lowest BCUT2D eigenvalue weighted by Gasteiger charge is -2.27. The van der Waals surface area contributed by atoms with Gasteiger partial charge in [-0.3, -0.25) is 4.90 Å². The lowest BCUT2D eigenvalue weighted by molar-refractivity contribution is 0.259. The first-order valence-electron chi connectivity index (χ1n) is 7.04. The van der Waals surface area contributed by atoms with Crippen molar-refractivity contribution in [2.75, 3.05) is 30.7 Å². The first-order valence-corrected chi connectivity index (χ1v) is 8.29. The molecule has 1 saturated heterocycles. The fraction of sp³-hybridized carbons (Fsp3) is 0.429. The summed E-state index contributed by atoms with van der Waals surface area (Å²) in [6.45, 7) is 3.08. The number of nitrogens with two attached hydrogens (primary N) is 1. The highest BCUT2D eigenvalue weighted by molar-refractivity contribution is 7.10. The van der Waals surface area contributed by atoms with Crippen molar-refractivity contribution in [3.63, 3.8) is 0 Å². The molecule has 5 nitrogen and oxygen atoms in total. The van der Waals surface area contributed by atoms with Crippen molar-refractivity contribution in [3.8, 4) is 0 Å². The van der Waals surface area contributed by atoms with E-state index in [1.807, 2.05) is 0 Å². The zero-order valence-corrected chi connectivity index (χ0v) is 13.2. The Morgan fingerprint density at radius 3 is 2.86 bits per heavy atom. The van der Waals surface area contributed by atoms with Crippen LogP contribution in [0.1, 0.15) is 23.8 Å². The van der Waals surface area contributed by atoms with E-state index in [4.69, 9.17) is 17.3 Å². The van der Waals surface area contributed by atoms with E-state index in [1.54, 1.807) is 17.4 Å². The molecule has 3 rings (SSSR count). The van der Waals surface area contributed by atoms with Crippen molar-refractivity contribution < 1.29 is 0 Å². The second kappa shape index (κ2) is 6.60. The highest BCUT2D eigenvalue weighted by Gasteiger charge is 2.24. The van der Waals surface area contributed by atoms with Gasteiger partial charge in [-0.15, -0.1) is 11.3 Å². The van der Waals surface area contributed by atoms with Gasteiger partial charge in [0.1, 0.15) is 11.0 Å². The average Bonchev–Trinajstić information content (AvgIpc) is 3.10. The summed E-state index contributed by atoms with van der Waals surface area (Å²) in [5, 5.41) is 5.82. The maximum atomic E-state index is 5.91. The normalized spacial score (nSPS) is 17.0. The van der Waals surface area contributed by atoms with Crippen molar-refractivity contribution in [1.82, 2.24) is 14.9 Å². The van der Waals surface area contributed by atoms with Gasteiger partial charge in [0.15, 0.2) is 0 Å². The minimum atomic E-state index is 0.193. The Bertz CT molecular complexity index is 563. The van der Waals surface area contributed by atoms with Crippen LogP contribution < -0.4 is 11.1 Å². The number of halogens is 1. The maximum Gasteiger partial charge on any atom is 0.223 e. The standard InChI is InChI=1S/C14H18ClN5S/c15-12-8-13(19-14(16)18-12)17-9-10(11-4-3-7-21-11)20-5-1-2-6-20/h3-4,7-8,10H,1-2,5-6,9H2,(H3,16,17,18,19). The molecule has 2 aromatic heterocycles. The van der Waals surface area contributed by atoms with E-state index in [0.717, 1.165) is 19.6 Å². The summed E-state index contributed by atoms with van der Waals surface area (Å²) in [6.07, 6.45) is 2.54. The fourth-order valence-electron chi connectivity index (χ4n) is 2.67. The number of nitrogens with one attached hydrogen (secondary N) is 1. The van der Waals surface area contributed by atoms with Crippen molar-refractivity contribution in [2.24, 2.45) is 0 Å². The summed E-state index contributed by atoms with van der Waals surface area (Å²) in [4.78, 5) is 11.9. The quantitative estimate of drug-likeness (QED) is 0.828. The van der Waals surface area contributed by atoms with Crippen LogP contribution in [-0.4, -0.2) is 34.5 Å². The third-order valence-corrected chi connectivity index (χ3v) is 4.81. The number of hydrogen-bond acceptors (Lipinski definition) is 6. The molecule has 7 heteroatoms. The molecule has 0 spiro atoms. The Kier molecular flexibility index (Phi) is 4.57. The van der Waals surface area contributed by atoms with Gasteiger partial charge >= 0.3 is 0 Å². The molecule has 0 amide bonds. The van der Waals surface area contributed by atoms with Gasteiger partial charge in [-0.2, -0.15) is 4.98 Å². The first-order chi connectivity index (χ1) is 10.2. The summed E-state index contributed by atoms with van der Waals surface area (Å²) in [5.74, 6) is 0.868. The summed E-state index contributed by atoms with van der Waals surface area (Å²) >= 11 is 7.71. The maximum absolute atomic E-state index is 5.91. The van der Waals surface area contributed by atoms with Crippen LogP contribution in [0.15, 0.2) is 23.6 Å². The second-order valence-electron chi connectivity index (χ2n) is 5.09. The van der Waals surface area contributed by atoms with Gasteiger partial charge < -0.3 is 11.1 Å². The molecule has 1 aliphatic heterocycles. The Balaban J connectivity index is 1.72. The van der Waals surface area contributed by atoms with E-state index >= 15 is 0 Å². The number of rotatable bonds is 5. The molecule has 1 aliphatic rings. The highest BCUT2D eigenvalue weighted by atomic mass is 35.5. The third kappa shape index (κ3) is 3.64. The number of anilines is 2. The molecule has 21 heavy (non-hydrogen) atoms. The van der Waals surface area contributed by atoms with Gasteiger partial charge in [0.2, 0.25) is 5.95 Å². The van der Waals surface area contributed by atoms with Crippen LogP contribution in [0.25, 0.3) is 0 Å². The van der Waals surface area contributed by atoms with Crippen LogP contribution in [0.4, 0.5) is 11.8 Å². The van der Waals surface area contributed by atoms with Gasteiger partial charge in [0.05, 0.1) is 6.04 Å².